The summed E-state index contributed by atoms with van der Waals surface area (Å²) in [7, 11) is 0. The molecule has 0 saturated carbocycles. The Bertz CT molecular complexity index is 355. The number of nitrogen functional groups attached to an aromatic ring is 1. The fourth-order valence-electron chi connectivity index (χ4n) is 1.42. The second-order valence-electron chi connectivity index (χ2n) is 4.06. The van der Waals surface area contributed by atoms with E-state index in [1.54, 1.807) is 12.1 Å². The zero-order chi connectivity index (χ0) is 13.2. The smallest absolute Gasteiger partial charge is 0.243 e. The Morgan fingerprint density at radius 2 is 1.94 bits per heavy atom. The highest BCUT2D eigenvalue weighted by Gasteiger charge is 2.01. The average Bonchev–Trinajstić information content (AvgIpc) is 2.37. The monoisotopic (exact) mass is 314 g/mol. The van der Waals surface area contributed by atoms with E-state index in [9.17, 15) is 4.79 Å². The number of hydrogen-bond acceptors (Lipinski definition) is 3. The van der Waals surface area contributed by atoms with E-state index in [0.29, 0.717) is 13.0 Å². The van der Waals surface area contributed by atoms with Crippen LogP contribution in [0.25, 0.3) is 0 Å². The number of hydroxylamine groups is 1. The number of halogens is 1. The molecule has 1 aromatic carbocycles. The highest BCUT2D eigenvalue weighted by atomic mass is 79.9. The van der Waals surface area contributed by atoms with Crippen molar-refractivity contribution in [2.45, 2.75) is 32.3 Å². The van der Waals surface area contributed by atoms with Gasteiger partial charge < -0.3 is 5.73 Å². The normalized spacial score (nSPS) is 10.3. The summed E-state index contributed by atoms with van der Waals surface area (Å²) in [6.45, 7) is 0.355. The third kappa shape index (κ3) is 6.61. The fourth-order valence-corrected chi connectivity index (χ4v) is 1.82. The number of carbonyl (C=O) groups excluding carboxylic acids is 1. The first kappa shape index (κ1) is 15.0. The molecule has 18 heavy (non-hydrogen) atoms. The topological polar surface area (TPSA) is 64.3 Å². The molecule has 0 heterocycles. The minimum Gasteiger partial charge on any atom is -0.399 e. The molecule has 0 bridgehead atoms. The minimum atomic E-state index is -0.0694. The summed E-state index contributed by atoms with van der Waals surface area (Å²) in [6, 6.07) is 7.36. The molecule has 0 unspecified atom stereocenters. The van der Waals surface area contributed by atoms with Crippen molar-refractivity contribution in [1.29, 1.82) is 0 Å². The molecule has 5 heteroatoms. The van der Waals surface area contributed by atoms with Crippen molar-refractivity contribution in [1.82, 2.24) is 5.48 Å². The van der Waals surface area contributed by atoms with E-state index in [-0.39, 0.29) is 5.91 Å². The lowest BCUT2D eigenvalue weighted by atomic mass is 10.2. The van der Waals surface area contributed by atoms with Gasteiger partial charge in [-0.25, -0.2) is 5.48 Å². The van der Waals surface area contributed by atoms with Gasteiger partial charge in [0.15, 0.2) is 0 Å². The van der Waals surface area contributed by atoms with E-state index in [1.807, 2.05) is 12.1 Å². The number of amides is 1. The van der Waals surface area contributed by atoms with E-state index in [1.165, 1.54) is 0 Å². The van der Waals surface area contributed by atoms with Gasteiger partial charge in [-0.15, -0.1) is 0 Å². The van der Waals surface area contributed by atoms with Crippen LogP contribution < -0.4 is 11.2 Å². The highest BCUT2D eigenvalue weighted by Crippen LogP contribution is 2.06. The lowest BCUT2D eigenvalue weighted by Crippen LogP contribution is -2.23. The maximum absolute atomic E-state index is 11.4. The number of nitrogens with one attached hydrogen (secondary N) is 1. The van der Waals surface area contributed by atoms with Gasteiger partial charge in [0.2, 0.25) is 5.91 Å². The van der Waals surface area contributed by atoms with E-state index in [2.05, 4.69) is 21.4 Å². The summed E-state index contributed by atoms with van der Waals surface area (Å²) in [5.74, 6) is -0.0694. The number of benzene rings is 1. The molecule has 1 aromatic rings. The summed E-state index contributed by atoms with van der Waals surface area (Å²) in [6.07, 6.45) is 3.55. The van der Waals surface area contributed by atoms with Crippen molar-refractivity contribution in [3.8, 4) is 0 Å². The number of unbranched alkanes of at least 4 members (excludes halogenated alkanes) is 2. The molecule has 0 aromatic heterocycles. The first-order valence-corrected chi connectivity index (χ1v) is 7.15. The van der Waals surface area contributed by atoms with Gasteiger partial charge >= 0.3 is 0 Å². The molecule has 0 fully saturated rings. The molecule has 0 aliphatic heterocycles. The zero-order valence-electron chi connectivity index (χ0n) is 10.3. The number of hydrogen-bond donors (Lipinski definition) is 2. The first-order chi connectivity index (χ1) is 8.72. The molecule has 0 aliphatic carbocycles. The molecule has 0 spiro atoms. The van der Waals surface area contributed by atoms with Gasteiger partial charge in [0.25, 0.3) is 0 Å². The van der Waals surface area contributed by atoms with Gasteiger partial charge in [-0.1, -0.05) is 34.5 Å². The van der Waals surface area contributed by atoms with Gasteiger partial charge in [-0.2, -0.15) is 0 Å². The average molecular weight is 315 g/mol. The van der Waals surface area contributed by atoms with Crippen molar-refractivity contribution in [2.75, 3.05) is 11.1 Å². The molecular formula is C13H19BrN2O2. The molecule has 4 nitrogen and oxygen atoms in total. The molecular weight excluding hydrogens is 296 g/mol. The van der Waals surface area contributed by atoms with E-state index < -0.39 is 0 Å². The molecule has 0 radical (unpaired) electrons. The standard InChI is InChI=1S/C13H19BrN2O2/c14-9-3-1-2-4-13(17)16-18-10-11-5-7-12(15)8-6-11/h5-8H,1-4,9-10,15H2,(H,16,17). The van der Waals surface area contributed by atoms with Crippen LogP contribution in [0.2, 0.25) is 0 Å². The van der Waals surface area contributed by atoms with E-state index >= 15 is 0 Å². The van der Waals surface area contributed by atoms with Crippen LogP contribution in [0, 0.1) is 0 Å². The van der Waals surface area contributed by atoms with Crippen LogP contribution in [0.15, 0.2) is 24.3 Å². The highest BCUT2D eigenvalue weighted by molar-refractivity contribution is 9.09. The predicted octanol–water partition coefficient (Wildman–Crippen LogP) is 2.77. The fraction of sp³-hybridized carbons (Fsp3) is 0.462. The quantitative estimate of drug-likeness (QED) is 0.335. The number of rotatable bonds is 8. The van der Waals surface area contributed by atoms with Gasteiger partial charge in [0, 0.05) is 17.4 Å². The Morgan fingerprint density at radius 1 is 1.22 bits per heavy atom. The van der Waals surface area contributed by atoms with Gasteiger partial charge in [0.1, 0.15) is 0 Å². The Balaban J connectivity index is 2.10. The second-order valence-corrected chi connectivity index (χ2v) is 4.85. The third-order valence-corrected chi connectivity index (χ3v) is 3.00. The van der Waals surface area contributed by atoms with Crippen LogP contribution >= 0.6 is 15.9 Å². The van der Waals surface area contributed by atoms with Crippen LogP contribution in [0.3, 0.4) is 0 Å². The summed E-state index contributed by atoms with van der Waals surface area (Å²) in [5, 5.41) is 0.988. The molecule has 0 saturated heterocycles. The summed E-state index contributed by atoms with van der Waals surface area (Å²) in [5.41, 5.74) is 9.70. The second kappa shape index (κ2) is 8.94. The molecule has 100 valence electrons. The number of nitrogens with two attached hydrogens (primary N) is 1. The van der Waals surface area contributed by atoms with Gasteiger partial charge in [-0.05, 0) is 30.5 Å². The van der Waals surface area contributed by atoms with Crippen LogP contribution in [0.1, 0.15) is 31.2 Å². The molecule has 1 rings (SSSR count). The van der Waals surface area contributed by atoms with Crippen molar-refractivity contribution < 1.29 is 9.63 Å². The molecule has 0 aliphatic rings. The zero-order valence-corrected chi connectivity index (χ0v) is 11.9. The predicted molar refractivity (Wildman–Crippen MR) is 76.0 cm³/mol. The molecule has 1 amide bonds. The minimum absolute atomic E-state index is 0.0694. The molecule has 3 N–H and O–H groups in total. The van der Waals surface area contributed by atoms with E-state index in [4.69, 9.17) is 10.6 Å². The van der Waals surface area contributed by atoms with Crippen molar-refractivity contribution in [3.05, 3.63) is 29.8 Å². The van der Waals surface area contributed by atoms with Crippen molar-refractivity contribution >= 4 is 27.5 Å². The first-order valence-electron chi connectivity index (χ1n) is 6.03. The lowest BCUT2D eigenvalue weighted by molar-refractivity contribution is -0.134. The summed E-state index contributed by atoms with van der Waals surface area (Å²) in [4.78, 5) is 16.5. The van der Waals surface area contributed by atoms with E-state index in [0.717, 1.165) is 35.8 Å². The number of anilines is 1. The van der Waals surface area contributed by atoms with Crippen LogP contribution in [-0.4, -0.2) is 11.2 Å². The third-order valence-electron chi connectivity index (χ3n) is 2.44. The Labute approximate surface area is 116 Å². The SMILES string of the molecule is Nc1ccc(CONC(=O)CCCCCBr)cc1. The summed E-state index contributed by atoms with van der Waals surface area (Å²) >= 11 is 3.36. The molecule has 0 atom stereocenters. The Morgan fingerprint density at radius 3 is 2.61 bits per heavy atom. The van der Waals surface area contributed by atoms with Crippen LogP contribution in [-0.2, 0) is 16.2 Å². The Kier molecular flexibility index (Phi) is 7.44. The van der Waals surface area contributed by atoms with Crippen LogP contribution in [0.5, 0.6) is 0 Å². The van der Waals surface area contributed by atoms with Gasteiger partial charge in [-0.3, -0.25) is 9.63 Å². The number of alkyl halides is 1. The maximum Gasteiger partial charge on any atom is 0.243 e. The number of carbonyl (C=O) groups is 1. The van der Waals surface area contributed by atoms with Gasteiger partial charge in [0.05, 0.1) is 6.61 Å². The van der Waals surface area contributed by atoms with Crippen molar-refractivity contribution in [2.24, 2.45) is 0 Å². The largest absolute Gasteiger partial charge is 0.399 e. The maximum atomic E-state index is 11.4. The Hall–Kier alpha value is -1.07. The lowest BCUT2D eigenvalue weighted by Gasteiger charge is -2.06. The van der Waals surface area contributed by atoms with Crippen molar-refractivity contribution in [3.63, 3.8) is 0 Å². The van der Waals surface area contributed by atoms with Crippen LogP contribution in [0.4, 0.5) is 5.69 Å². The summed E-state index contributed by atoms with van der Waals surface area (Å²) < 4.78 is 0.